The van der Waals surface area contributed by atoms with E-state index in [1.54, 1.807) is 19.3 Å². The summed E-state index contributed by atoms with van der Waals surface area (Å²) < 4.78 is 16.8. The maximum Gasteiger partial charge on any atom is 0.248 e. The lowest BCUT2D eigenvalue weighted by atomic mass is 10.2. The van der Waals surface area contributed by atoms with E-state index in [4.69, 9.17) is 14.2 Å². The normalized spacial score (nSPS) is 10.6. The van der Waals surface area contributed by atoms with Gasteiger partial charge in [-0.2, -0.15) is 0 Å². The Bertz CT molecular complexity index is 999. The molecule has 0 aliphatic rings. The first-order valence-corrected chi connectivity index (χ1v) is 9.75. The average Bonchev–Trinajstić information content (AvgIpc) is 2.78. The minimum absolute atomic E-state index is 0.245. The van der Waals surface area contributed by atoms with E-state index in [0.29, 0.717) is 36.1 Å². The van der Waals surface area contributed by atoms with Crippen molar-refractivity contribution in [3.05, 3.63) is 90.0 Å². The van der Waals surface area contributed by atoms with E-state index in [1.807, 2.05) is 73.7 Å². The highest BCUT2D eigenvalue weighted by Gasteiger charge is 2.07. The summed E-state index contributed by atoms with van der Waals surface area (Å²) in [4.78, 5) is 12.3. The Hall–Kier alpha value is -3.73. The Kier molecular flexibility index (Phi) is 7.50. The standard InChI is InChI=1S/C25H25NO4/c1-3-29-22-12-8-7-11-21(22)26-25(27)16-14-19-13-15-23(24(17-19)28-2)30-18-20-9-5-4-6-10-20/h4-17H,3,18H2,1-2H3,(H,26,27)/b16-14+. The second kappa shape index (κ2) is 10.7. The predicted octanol–water partition coefficient (Wildman–Crippen LogP) is 5.32. The second-order valence-corrected chi connectivity index (χ2v) is 6.44. The topological polar surface area (TPSA) is 56.8 Å². The fourth-order valence-corrected chi connectivity index (χ4v) is 2.84. The minimum atomic E-state index is -0.245. The number of benzene rings is 3. The zero-order valence-corrected chi connectivity index (χ0v) is 17.1. The number of hydrogen-bond acceptors (Lipinski definition) is 4. The zero-order chi connectivity index (χ0) is 21.2. The number of anilines is 1. The van der Waals surface area contributed by atoms with Gasteiger partial charge in [-0.1, -0.05) is 48.5 Å². The van der Waals surface area contributed by atoms with Gasteiger partial charge in [-0.15, -0.1) is 0 Å². The molecule has 5 heteroatoms. The van der Waals surface area contributed by atoms with Crippen LogP contribution in [0.2, 0.25) is 0 Å². The van der Waals surface area contributed by atoms with Crippen LogP contribution in [0.25, 0.3) is 6.08 Å². The maximum absolute atomic E-state index is 12.3. The van der Waals surface area contributed by atoms with Crippen molar-refractivity contribution < 1.29 is 19.0 Å². The van der Waals surface area contributed by atoms with E-state index in [9.17, 15) is 4.79 Å². The molecule has 0 aliphatic heterocycles. The highest BCUT2D eigenvalue weighted by molar-refractivity contribution is 6.02. The lowest BCUT2D eigenvalue weighted by molar-refractivity contribution is -0.111. The summed E-state index contributed by atoms with van der Waals surface area (Å²) >= 11 is 0. The molecule has 30 heavy (non-hydrogen) atoms. The van der Waals surface area contributed by atoms with Crippen molar-refractivity contribution >= 4 is 17.7 Å². The van der Waals surface area contributed by atoms with Gasteiger partial charge >= 0.3 is 0 Å². The lowest BCUT2D eigenvalue weighted by Crippen LogP contribution is -2.09. The molecular weight excluding hydrogens is 378 g/mol. The Labute approximate surface area is 176 Å². The fourth-order valence-electron chi connectivity index (χ4n) is 2.84. The molecule has 0 heterocycles. The predicted molar refractivity (Wildman–Crippen MR) is 119 cm³/mol. The van der Waals surface area contributed by atoms with Crippen molar-refractivity contribution in [2.45, 2.75) is 13.5 Å². The van der Waals surface area contributed by atoms with Gasteiger partial charge in [0.2, 0.25) is 5.91 Å². The number of rotatable bonds is 9. The van der Waals surface area contributed by atoms with Gasteiger partial charge in [-0.25, -0.2) is 0 Å². The summed E-state index contributed by atoms with van der Waals surface area (Å²) in [5.74, 6) is 1.65. The van der Waals surface area contributed by atoms with E-state index in [2.05, 4.69) is 5.32 Å². The number of carbonyl (C=O) groups is 1. The van der Waals surface area contributed by atoms with Gasteiger partial charge in [0, 0.05) is 6.08 Å². The molecule has 1 amide bonds. The van der Waals surface area contributed by atoms with E-state index < -0.39 is 0 Å². The van der Waals surface area contributed by atoms with Crippen molar-refractivity contribution in [1.29, 1.82) is 0 Å². The third-order valence-electron chi connectivity index (χ3n) is 4.30. The van der Waals surface area contributed by atoms with E-state index >= 15 is 0 Å². The Balaban J connectivity index is 1.64. The van der Waals surface area contributed by atoms with Crippen LogP contribution in [0.3, 0.4) is 0 Å². The van der Waals surface area contributed by atoms with Crippen molar-refractivity contribution in [3.8, 4) is 17.2 Å². The first-order chi connectivity index (χ1) is 14.7. The van der Waals surface area contributed by atoms with Gasteiger partial charge in [0.05, 0.1) is 19.4 Å². The van der Waals surface area contributed by atoms with Crippen LogP contribution in [-0.4, -0.2) is 19.6 Å². The van der Waals surface area contributed by atoms with E-state index in [1.165, 1.54) is 6.08 Å². The zero-order valence-electron chi connectivity index (χ0n) is 17.1. The lowest BCUT2D eigenvalue weighted by Gasteiger charge is -2.11. The van der Waals surface area contributed by atoms with Crippen molar-refractivity contribution in [3.63, 3.8) is 0 Å². The molecule has 0 aliphatic carbocycles. The van der Waals surface area contributed by atoms with Gasteiger partial charge in [0.15, 0.2) is 11.5 Å². The number of ether oxygens (including phenoxy) is 3. The smallest absolute Gasteiger partial charge is 0.248 e. The number of methoxy groups -OCH3 is 1. The maximum atomic E-state index is 12.3. The quantitative estimate of drug-likeness (QED) is 0.491. The number of amides is 1. The minimum Gasteiger partial charge on any atom is -0.493 e. The molecule has 0 radical (unpaired) electrons. The van der Waals surface area contributed by atoms with E-state index in [0.717, 1.165) is 11.1 Å². The van der Waals surface area contributed by atoms with Crippen LogP contribution >= 0.6 is 0 Å². The van der Waals surface area contributed by atoms with E-state index in [-0.39, 0.29) is 5.91 Å². The molecule has 0 atom stereocenters. The molecule has 3 rings (SSSR count). The number of hydrogen-bond donors (Lipinski definition) is 1. The molecule has 0 fully saturated rings. The van der Waals surface area contributed by atoms with Gasteiger partial charge in [0.1, 0.15) is 12.4 Å². The third-order valence-corrected chi connectivity index (χ3v) is 4.30. The molecule has 154 valence electrons. The average molecular weight is 403 g/mol. The molecule has 0 aromatic heterocycles. The molecule has 0 saturated carbocycles. The second-order valence-electron chi connectivity index (χ2n) is 6.44. The summed E-state index contributed by atoms with van der Waals surface area (Å²) in [6.45, 7) is 2.88. The molecule has 0 bridgehead atoms. The van der Waals surface area contributed by atoms with Crippen LogP contribution in [0.15, 0.2) is 78.9 Å². The summed E-state index contributed by atoms with van der Waals surface area (Å²) in [7, 11) is 1.59. The largest absolute Gasteiger partial charge is 0.493 e. The molecule has 3 aromatic rings. The van der Waals surface area contributed by atoms with Crippen LogP contribution in [0.1, 0.15) is 18.1 Å². The molecule has 0 saturated heterocycles. The summed E-state index contributed by atoms with van der Waals surface area (Å²) in [6, 6.07) is 22.8. The molecule has 0 unspecified atom stereocenters. The molecule has 3 aromatic carbocycles. The molecule has 0 spiro atoms. The fraction of sp³-hybridized carbons (Fsp3) is 0.160. The van der Waals surface area contributed by atoms with Crippen LogP contribution in [0.4, 0.5) is 5.69 Å². The summed E-state index contributed by atoms with van der Waals surface area (Å²) in [6.07, 6.45) is 3.20. The van der Waals surface area contributed by atoms with Crippen molar-refractivity contribution in [2.24, 2.45) is 0 Å². The first kappa shape index (κ1) is 21.0. The van der Waals surface area contributed by atoms with Gasteiger partial charge < -0.3 is 19.5 Å². The van der Waals surface area contributed by atoms with Gasteiger partial charge in [-0.3, -0.25) is 4.79 Å². The first-order valence-electron chi connectivity index (χ1n) is 9.75. The highest BCUT2D eigenvalue weighted by atomic mass is 16.5. The molecule has 1 N–H and O–H groups in total. The van der Waals surface area contributed by atoms with Crippen LogP contribution in [-0.2, 0) is 11.4 Å². The van der Waals surface area contributed by atoms with Crippen LogP contribution < -0.4 is 19.5 Å². The molecular formula is C25H25NO4. The Morgan fingerprint density at radius 1 is 0.900 bits per heavy atom. The highest BCUT2D eigenvalue weighted by Crippen LogP contribution is 2.29. The SMILES string of the molecule is CCOc1ccccc1NC(=O)/C=C/c1ccc(OCc2ccccc2)c(OC)c1. The van der Waals surface area contributed by atoms with Crippen LogP contribution in [0.5, 0.6) is 17.2 Å². The third kappa shape index (κ3) is 5.88. The molecule has 5 nitrogen and oxygen atoms in total. The number of nitrogens with one attached hydrogen (secondary N) is 1. The van der Waals surface area contributed by atoms with Crippen LogP contribution in [0, 0.1) is 0 Å². The van der Waals surface area contributed by atoms with Crippen molar-refractivity contribution in [2.75, 3.05) is 19.0 Å². The number of carbonyl (C=O) groups excluding carboxylic acids is 1. The monoisotopic (exact) mass is 403 g/mol. The summed E-state index contributed by atoms with van der Waals surface area (Å²) in [5, 5.41) is 2.84. The Morgan fingerprint density at radius 2 is 1.67 bits per heavy atom. The van der Waals surface area contributed by atoms with Crippen molar-refractivity contribution in [1.82, 2.24) is 0 Å². The van der Waals surface area contributed by atoms with Gasteiger partial charge in [0.25, 0.3) is 0 Å². The van der Waals surface area contributed by atoms with Gasteiger partial charge in [-0.05, 0) is 48.4 Å². The Morgan fingerprint density at radius 3 is 2.43 bits per heavy atom. The summed E-state index contributed by atoms with van der Waals surface area (Å²) in [5.41, 5.74) is 2.54. The number of para-hydroxylation sites is 2.